The maximum atomic E-state index is 14.4. The van der Waals surface area contributed by atoms with Crippen molar-refractivity contribution in [3.8, 4) is 68.2 Å². The molecule has 428 valence electrons. The Morgan fingerprint density at radius 1 is 0.256 bits per heavy atom. The van der Waals surface area contributed by atoms with Crippen molar-refractivity contribution in [1.29, 1.82) is 0 Å². The van der Waals surface area contributed by atoms with E-state index >= 15 is 0 Å². The van der Waals surface area contributed by atoms with Crippen LogP contribution in [0.1, 0.15) is 63.7 Å². The maximum Gasteiger partial charge on any atom is 0.193 e. The largest absolute Gasteiger partial charge is 0.457 e. The highest BCUT2D eigenvalue weighted by molar-refractivity contribution is 6.31. The second-order valence-electron chi connectivity index (χ2n) is 21.9. The Morgan fingerprint density at radius 3 is 0.833 bits per heavy atom. The van der Waals surface area contributed by atoms with E-state index < -0.39 is 0 Å². The number of carbonyl (C=O) groups is 4. The zero-order chi connectivity index (χ0) is 61.0. The van der Waals surface area contributed by atoms with Gasteiger partial charge in [0.25, 0.3) is 0 Å². The van der Waals surface area contributed by atoms with Crippen LogP contribution in [0.5, 0.6) is 46.0 Å². The standard InChI is InChI=1S/C80H46Cl2O8/c81-59-27-9-49(10-28-59)79(85)57-21-39-67-55(45-57)25-43-71-75(67)76-68-40-22-58(80(86)50-11-29-60(82)30-12-50)46-56(68)26-44-72(76)90-64-37-19-54(20-38-64)78(84)52-15-33-62(34-16-52)88-70-42-24-48-6-2-4-8-66(48)74(70)73-65-7-3-1-5-47(65)23-41-69(73)87-61-31-13-51(14-32-61)77(83)53-17-35-63(89-71)36-18-53/h1-46H. The summed E-state index contributed by atoms with van der Waals surface area (Å²) in [6.07, 6.45) is 0. The van der Waals surface area contributed by atoms with Gasteiger partial charge in [-0.05, 0) is 225 Å². The minimum Gasteiger partial charge on any atom is -0.457 e. The van der Waals surface area contributed by atoms with Crippen molar-refractivity contribution in [2.75, 3.05) is 0 Å². The van der Waals surface area contributed by atoms with E-state index in [4.69, 9.17) is 42.1 Å². The molecule has 0 saturated heterocycles. The molecule has 0 saturated carbocycles. The number of ketones is 4. The fourth-order valence-corrected chi connectivity index (χ4v) is 12.1. The van der Waals surface area contributed by atoms with Gasteiger partial charge < -0.3 is 18.9 Å². The van der Waals surface area contributed by atoms with Crippen molar-refractivity contribution in [2.24, 2.45) is 0 Å². The molecule has 0 aromatic heterocycles. The van der Waals surface area contributed by atoms with E-state index in [-0.39, 0.29) is 23.1 Å². The molecule has 7 aliphatic rings. The Labute approximate surface area is 526 Å². The van der Waals surface area contributed by atoms with E-state index in [0.29, 0.717) is 112 Å². The lowest BCUT2D eigenvalue weighted by molar-refractivity contribution is 0.103. The molecular formula is C80H46Cl2O8. The number of halogens is 2. The summed E-state index contributed by atoms with van der Waals surface area (Å²) in [5.41, 5.74) is 6.52. The zero-order valence-electron chi connectivity index (χ0n) is 47.6. The van der Waals surface area contributed by atoms with E-state index in [1.165, 1.54) is 0 Å². The molecule has 90 heavy (non-hydrogen) atoms. The Morgan fingerprint density at radius 2 is 0.522 bits per heavy atom. The number of benzene rings is 14. The average molecular weight is 1210 g/mol. The zero-order valence-corrected chi connectivity index (χ0v) is 49.1. The number of carbonyl (C=O) groups excluding carboxylic acids is 4. The molecule has 0 unspecified atom stereocenters. The quantitative estimate of drug-likeness (QED) is 0.161. The van der Waals surface area contributed by atoms with Crippen LogP contribution in [0.2, 0.25) is 10.0 Å². The fourth-order valence-electron chi connectivity index (χ4n) is 11.9. The van der Waals surface area contributed by atoms with E-state index in [9.17, 15) is 19.2 Å². The van der Waals surface area contributed by atoms with Crippen molar-refractivity contribution < 1.29 is 38.1 Å². The van der Waals surface area contributed by atoms with Crippen molar-refractivity contribution in [1.82, 2.24) is 0 Å². The van der Waals surface area contributed by atoms with Crippen LogP contribution in [0.3, 0.4) is 0 Å². The van der Waals surface area contributed by atoms with E-state index in [1.807, 2.05) is 97.1 Å². The Hall–Kier alpha value is -11.4. The SMILES string of the molecule is O=C1c2ccc(cc2)Oc2ccc3ccccc3c2-c2c(ccc3ccccc23)Oc2ccc(cc2)C(=O)c2ccc(cc2)Oc2ccc3cc(C(=O)c4ccc(Cl)cc4)ccc3c2-c2c(ccc3cc(C(=O)c4ccc(Cl)cc4)ccc23)Oc2ccc1cc2. The van der Waals surface area contributed by atoms with Crippen LogP contribution in [0.4, 0.5) is 0 Å². The summed E-state index contributed by atoms with van der Waals surface area (Å²) in [5, 5.41) is 7.83. The molecule has 7 aliphatic heterocycles. The molecular weight excluding hydrogens is 1160 g/mol. The molecule has 14 aromatic carbocycles. The minimum absolute atomic E-state index is 0.186. The van der Waals surface area contributed by atoms with Crippen LogP contribution >= 0.6 is 23.2 Å². The third-order valence-electron chi connectivity index (χ3n) is 16.4. The molecule has 0 aliphatic carbocycles. The van der Waals surface area contributed by atoms with Crippen molar-refractivity contribution >= 4 is 89.4 Å². The van der Waals surface area contributed by atoms with Gasteiger partial charge in [-0.1, -0.05) is 120 Å². The Bertz CT molecular complexity index is 4910. The first-order valence-electron chi connectivity index (χ1n) is 29.0. The maximum absolute atomic E-state index is 14.4. The van der Waals surface area contributed by atoms with Crippen LogP contribution in [0.15, 0.2) is 279 Å². The molecule has 7 heterocycles. The molecule has 0 fully saturated rings. The minimum atomic E-state index is -0.205. The van der Waals surface area contributed by atoms with E-state index in [0.717, 1.165) is 54.2 Å². The summed E-state index contributed by atoms with van der Waals surface area (Å²) in [5.74, 6) is 3.14. The topological polar surface area (TPSA) is 105 Å². The van der Waals surface area contributed by atoms with E-state index in [2.05, 4.69) is 24.3 Å². The summed E-state index contributed by atoms with van der Waals surface area (Å²) in [7, 11) is 0. The van der Waals surface area contributed by atoms with Gasteiger partial charge in [0, 0.05) is 76.8 Å². The second kappa shape index (κ2) is 23.0. The van der Waals surface area contributed by atoms with Crippen molar-refractivity contribution in [2.45, 2.75) is 0 Å². The van der Waals surface area contributed by atoms with E-state index in [1.54, 1.807) is 158 Å². The Balaban J connectivity index is 0.879. The normalized spacial score (nSPS) is 12.2. The summed E-state index contributed by atoms with van der Waals surface area (Å²) in [6, 6.07) is 84.5. The highest BCUT2D eigenvalue weighted by atomic mass is 35.5. The second-order valence-corrected chi connectivity index (χ2v) is 22.8. The number of rotatable bonds is 4. The predicted molar refractivity (Wildman–Crippen MR) is 356 cm³/mol. The molecule has 21 rings (SSSR count). The first-order valence-corrected chi connectivity index (χ1v) is 29.8. The Kier molecular flexibility index (Phi) is 14.1. The third-order valence-corrected chi connectivity index (χ3v) is 16.9. The molecule has 0 atom stereocenters. The van der Waals surface area contributed by atoms with Crippen molar-refractivity contribution in [3.63, 3.8) is 0 Å². The first kappa shape index (κ1) is 55.2. The van der Waals surface area contributed by atoms with Gasteiger partial charge in [-0.3, -0.25) is 19.2 Å². The summed E-state index contributed by atoms with van der Waals surface area (Å²) in [6.45, 7) is 0. The highest BCUT2D eigenvalue weighted by Gasteiger charge is 2.25. The number of fused-ring (bicyclic) bond motifs is 4. The summed E-state index contributed by atoms with van der Waals surface area (Å²) >= 11 is 12.4. The molecule has 0 amide bonds. The van der Waals surface area contributed by atoms with Crippen LogP contribution < -0.4 is 18.9 Å². The third kappa shape index (κ3) is 10.5. The molecule has 0 spiro atoms. The van der Waals surface area contributed by atoms with Gasteiger partial charge in [0.2, 0.25) is 0 Å². The van der Waals surface area contributed by atoms with Crippen LogP contribution in [0.25, 0.3) is 65.3 Å². The van der Waals surface area contributed by atoms with Gasteiger partial charge in [-0.2, -0.15) is 0 Å². The van der Waals surface area contributed by atoms with Gasteiger partial charge in [-0.25, -0.2) is 0 Å². The average Bonchev–Trinajstić information content (AvgIpc) is 1.000. The molecule has 10 heteroatoms. The molecule has 0 N–H and O–H groups in total. The highest BCUT2D eigenvalue weighted by Crippen LogP contribution is 2.50. The monoisotopic (exact) mass is 1200 g/mol. The van der Waals surface area contributed by atoms with Gasteiger partial charge in [-0.15, -0.1) is 0 Å². The molecule has 0 radical (unpaired) electrons. The van der Waals surface area contributed by atoms with Crippen LogP contribution in [0, 0.1) is 0 Å². The predicted octanol–water partition coefficient (Wildman–Crippen LogP) is 21.3. The summed E-state index contributed by atoms with van der Waals surface area (Å²) in [4.78, 5) is 56.9. The smallest absolute Gasteiger partial charge is 0.193 e. The number of hydrogen-bond acceptors (Lipinski definition) is 8. The van der Waals surface area contributed by atoms with Crippen LogP contribution in [-0.2, 0) is 0 Å². The fraction of sp³-hybridized carbons (Fsp3) is 0. The van der Waals surface area contributed by atoms with Gasteiger partial charge >= 0.3 is 0 Å². The lowest BCUT2D eigenvalue weighted by Crippen LogP contribution is -2.03. The molecule has 14 aromatic rings. The first-order chi connectivity index (χ1) is 44.0. The summed E-state index contributed by atoms with van der Waals surface area (Å²) < 4.78 is 27.5. The lowest BCUT2D eigenvalue weighted by Gasteiger charge is -2.20. The van der Waals surface area contributed by atoms with Gasteiger partial charge in [0.1, 0.15) is 46.0 Å². The number of ether oxygens (including phenoxy) is 4. The molecule has 8 nitrogen and oxygen atoms in total. The number of hydrogen-bond donors (Lipinski definition) is 0. The molecule has 8 bridgehead atoms. The van der Waals surface area contributed by atoms with Crippen molar-refractivity contribution in [3.05, 3.63) is 334 Å². The van der Waals surface area contributed by atoms with Crippen LogP contribution in [-0.4, -0.2) is 23.1 Å². The van der Waals surface area contributed by atoms with Gasteiger partial charge in [0.05, 0.1) is 0 Å². The lowest BCUT2D eigenvalue weighted by atomic mass is 9.89. The van der Waals surface area contributed by atoms with Gasteiger partial charge in [0.15, 0.2) is 23.1 Å².